The molecule has 23 nitrogen and oxygen atoms in total. The van der Waals surface area contributed by atoms with E-state index in [1.54, 1.807) is 49.2 Å². The number of methoxy groups -OCH3 is 1. The molecule has 2 aliphatic heterocycles. The summed E-state index contributed by atoms with van der Waals surface area (Å²) in [5, 5.41) is 14.6. The maximum Gasteiger partial charge on any atom is 0.342 e. The second-order valence-corrected chi connectivity index (χ2v) is 24.6. The van der Waals surface area contributed by atoms with E-state index in [4.69, 9.17) is 52.1 Å². The molecular weight excluding hydrogens is 1180 g/mol. The second kappa shape index (κ2) is 41.5. The van der Waals surface area contributed by atoms with Crippen LogP contribution < -0.4 is 10.6 Å². The molecule has 2 N–H and O–H groups in total. The molecule has 4 aromatic rings. The first-order chi connectivity index (χ1) is 44.5. The van der Waals surface area contributed by atoms with Crippen molar-refractivity contribution >= 4 is 35.1 Å². The second-order valence-electron chi connectivity index (χ2n) is 24.6. The lowest BCUT2D eigenvalue weighted by molar-refractivity contribution is -0.943. The van der Waals surface area contributed by atoms with Crippen LogP contribution in [0.4, 0.5) is 0 Å². The lowest BCUT2D eigenvalue weighted by Gasteiger charge is -2.39. The Bertz CT molecular complexity index is 2780. The molecule has 3 aromatic carbocycles. The average Bonchev–Trinajstić information content (AvgIpc) is 1.66. The average molecular weight is 1290 g/mol. The molecule has 2 amide bonds. The number of amides is 2. The maximum absolute atomic E-state index is 14.7. The summed E-state index contributed by atoms with van der Waals surface area (Å²) in [5.41, 5.74) is 2.58. The van der Waals surface area contributed by atoms with Crippen LogP contribution in [0.25, 0.3) is 11.3 Å². The molecule has 92 heavy (non-hydrogen) atoms. The van der Waals surface area contributed by atoms with Gasteiger partial charge in [0.2, 0.25) is 18.5 Å². The number of ether oxygens (including phenoxy) is 11. The third-order valence-electron chi connectivity index (χ3n) is 15.9. The zero-order valence-corrected chi connectivity index (χ0v) is 55.1. The topological polar surface area (TPSA) is 262 Å². The van der Waals surface area contributed by atoms with Gasteiger partial charge < -0.3 is 62.7 Å². The Labute approximate surface area is 543 Å². The number of nitrogens with one attached hydrogen (secondary N) is 2. The third-order valence-corrected chi connectivity index (χ3v) is 15.9. The smallest absolute Gasteiger partial charge is 0.342 e. The number of quaternary nitrogens is 1. The molecule has 0 bridgehead atoms. The predicted octanol–water partition coefficient (Wildman–Crippen LogP) is 6.12. The van der Waals surface area contributed by atoms with Crippen LogP contribution in [0.15, 0.2) is 91.1 Å². The van der Waals surface area contributed by atoms with Crippen LogP contribution in [-0.4, -0.2) is 225 Å². The number of benzene rings is 3. The number of hydrogen-bond donors (Lipinski definition) is 2. The molecule has 6 rings (SSSR count). The number of aromatic nitrogens is 3. The molecule has 0 aliphatic carbocycles. The van der Waals surface area contributed by atoms with Crippen molar-refractivity contribution in [2.75, 3.05) is 152 Å². The van der Waals surface area contributed by atoms with Crippen LogP contribution in [-0.2, 0) is 95.5 Å². The van der Waals surface area contributed by atoms with Crippen molar-refractivity contribution in [3.8, 4) is 11.3 Å². The van der Waals surface area contributed by atoms with Gasteiger partial charge in [-0.1, -0.05) is 106 Å². The summed E-state index contributed by atoms with van der Waals surface area (Å²) in [6, 6.07) is 24.3. The highest BCUT2D eigenvalue weighted by atomic mass is 16.6. The van der Waals surface area contributed by atoms with Crippen molar-refractivity contribution in [3.63, 3.8) is 0 Å². The van der Waals surface area contributed by atoms with Crippen LogP contribution in [0.1, 0.15) is 88.2 Å². The van der Waals surface area contributed by atoms with E-state index >= 15 is 0 Å². The van der Waals surface area contributed by atoms with Gasteiger partial charge in [-0.2, -0.15) is 0 Å². The SMILES string of the molecule is COCCOCCOCCOCCOCCOCCOCCOCCn1cc(-c2ccc(C(=O)OC[N+]3(CC(=O)C[C@@H](CCc4ccccc4)C(=O)N[C@@H](CC(C)C)C(=O)C[C@@H](Cc4ccccc4)C(=O)N[C@@H](CC(C)C)C(=O)[C@@]4(C)CO4)CCOCC3)cc2)nn1. The number of morpholine rings is 1. The van der Waals surface area contributed by atoms with E-state index in [0.717, 1.165) is 16.7 Å². The quantitative estimate of drug-likeness (QED) is 0.0218. The summed E-state index contributed by atoms with van der Waals surface area (Å²) in [7, 11) is 1.64. The molecule has 0 radical (unpaired) electrons. The number of Topliss-reactive ketones (excluding diaryl/α,β-unsaturated/α-hetero) is 3. The number of esters is 1. The Morgan fingerprint density at radius 2 is 1.12 bits per heavy atom. The minimum absolute atomic E-state index is 0.00741. The maximum atomic E-state index is 14.7. The van der Waals surface area contributed by atoms with Crippen molar-refractivity contribution in [1.82, 2.24) is 25.6 Å². The normalized spacial score (nSPS) is 16.6. The molecule has 2 fully saturated rings. The number of ketones is 3. The first-order valence-corrected chi connectivity index (χ1v) is 32.6. The molecule has 0 spiro atoms. The van der Waals surface area contributed by atoms with Gasteiger partial charge in [0.1, 0.15) is 30.9 Å². The molecular formula is C69H101N6O17+. The van der Waals surface area contributed by atoms with Gasteiger partial charge in [-0.05, 0) is 74.1 Å². The van der Waals surface area contributed by atoms with Crippen LogP contribution >= 0.6 is 0 Å². The largest absolute Gasteiger partial charge is 0.411 e. The fourth-order valence-corrected chi connectivity index (χ4v) is 10.6. The first-order valence-electron chi connectivity index (χ1n) is 32.6. The number of rotatable bonds is 50. The Hall–Kier alpha value is -6.22. The lowest BCUT2D eigenvalue weighted by Crippen LogP contribution is -2.59. The summed E-state index contributed by atoms with van der Waals surface area (Å²) in [6.07, 6.45) is 3.29. The summed E-state index contributed by atoms with van der Waals surface area (Å²) in [6.45, 7) is 18.9. The van der Waals surface area contributed by atoms with Crippen LogP contribution in [0.2, 0.25) is 0 Å². The minimum Gasteiger partial charge on any atom is -0.411 e. The monoisotopic (exact) mass is 1290 g/mol. The summed E-state index contributed by atoms with van der Waals surface area (Å²) >= 11 is 0. The van der Waals surface area contributed by atoms with E-state index < -0.39 is 47.3 Å². The molecule has 23 heteroatoms. The molecule has 2 aliphatic rings. The highest BCUT2D eigenvalue weighted by molar-refractivity contribution is 5.98. The van der Waals surface area contributed by atoms with Crippen LogP contribution in [0.5, 0.6) is 0 Å². The highest BCUT2D eigenvalue weighted by Gasteiger charge is 2.50. The molecule has 3 heterocycles. The number of epoxide rings is 1. The fourth-order valence-electron chi connectivity index (χ4n) is 10.6. The number of carbonyl (C=O) groups is 6. The molecule has 1 aromatic heterocycles. The summed E-state index contributed by atoms with van der Waals surface area (Å²) in [5.74, 6) is -3.68. The van der Waals surface area contributed by atoms with Gasteiger partial charge in [0.25, 0.3) is 0 Å². The van der Waals surface area contributed by atoms with Gasteiger partial charge in [-0.15, -0.1) is 5.10 Å². The summed E-state index contributed by atoms with van der Waals surface area (Å²) < 4.78 is 62.6. The number of nitrogens with zero attached hydrogens (tertiary/aromatic N) is 4. The van der Waals surface area contributed by atoms with Crippen molar-refractivity contribution in [2.45, 2.75) is 104 Å². The first kappa shape index (κ1) is 74.8. The third kappa shape index (κ3) is 28.2. The number of aryl methyl sites for hydroxylation is 1. The van der Waals surface area contributed by atoms with Crippen molar-refractivity contribution < 1.29 is 85.4 Å². The Morgan fingerprint density at radius 1 is 0.620 bits per heavy atom. The van der Waals surface area contributed by atoms with Gasteiger partial charge in [-0.25, -0.2) is 9.48 Å². The summed E-state index contributed by atoms with van der Waals surface area (Å²) in [4.78, 5) is 85.4. The molecule has 2 saturated heterocycles. The van der Waals surface area contributed by atoms with Crippen LogP contribution in [0.3, 0.4) is 0 Å². The molecule has 0 saturated carbocycles. The van der Waals surface area contributed by atoms with Gasteiger partial charge in [0, 0.05) is 37.4 Å². The van der Waals surface area contributed by atoms with Crippen molar-refractivity contribution in [3.05, 3.63) is 108 Å². The van der Waals surface area contributed by atoms with Crippen molar-refractivity contribution in [1.29, 1.82) is 0 Å². The Morgan fingerprint density at radius 3 is 1.65 bits per heavy atom. The van der Waals surface area contributed by atoms with Crippen LogP contribution in [0, 0.1) is 23.7 Å². The zero-order valence-electron chi connectivity index (χ0n) is 55.1. The Kier molecular flexibility index (Phi) is 33.7. The van der Waals surface area contributed by atoms with E-state index in [9.17, 15) is 28.8 Å². The van der Waals surface area contributed by atoms with Gasteiger partial charge in [0.15, 0.2) is 17.3 Å². The van der Waals surface area contributed by atoms with E-state index in [0.29, 0.717) is 169 Å². The highest BCUT2D eigenvalue weighted by Crippen LogP contribution is 2.30. The number of carbonyl (C=O) groups excluding carboxylic acids is 6. The fraction of sp³-hybridized carbons (Fsp3) is 0.623. The van der Waals surface area contributed by atoms with E-state index in [1.165, 1.54) is 0 Å². The molecule has 508 valence electrons. The molecule has 5 atom stereocenters. The zero-order chi connectivity index (χ0) is 65.8. The van der Waals surface area contributed by atoms with E-state index in [-0.39, 0.29) is 72.8 Å². The van der Waals surface area contributed by atoms with Crippen molar-refractivity contribution in [2.24, 2.45) is 23.7 Å². The van der Waals surface area contributed by atoms with E-state index in [2.05, 4.69) is 20.9 Å². The standard InChI is InChI=1S/C69H100N6O17/c1-52(2)43-61(64(77)47-59(45-55-15-11-8-12-16-55)67(80)71-62(44-53(3)4)65(78)69(5)50-92-69)70-66(79)58(18-17-54-13-9-7-10-14-54)46-60(76)49-75(24-27-84-28-25-75)51-91-68(81)57-21-19-56(20-22-57)63-48-74(73-72-63)23-26-83-31-32-86-35-36-88-39-40-90-42-41-89-38-37-87-34-33-85-30-29-82-6/h7-16,19-22,48,52-53,58-59,61-62H,17-18,23-47,49-51H2,1-6H3,(H-,70,71,79,80)/p+1/t58-,59-,61+,62+,69-/m1/s1. The lowest BCUT2D eigenvalue weighted by atomic mass is 9.87. The predicted molar refractivity (Wildman–Crippen MR) is 342 cm³/mol. The Balaban J connectivity index is 0.949. The number of hydrogen-bond acceptors (Lipinski definition) is 19. The van der Waals surface area contributed by atoms with E-state index in [1.807, 2.05) is 88.4 Å². The van der Waals surface area contributed by atoms with Gasteiger partial charge in [0.05, 0.1) is 149 Å². The van der Waals surface area contributed by atoms with Gasteiger partial charge in [-0.3, -0.25) is 28.5 Å². The van der Waals surface area contributed by atoms with Gasteiger partial charge >= 0.3 is 5.97 Å². The minimum atomic E-state index is -0.952. The molecule has 0 unspecified atom stereocenters.